The molecule has 0 radical (unpaired) electrons. The molecule has 22 heavy (non-hydrogen) atoms. The lowest BCUT2D eigenvalue weighted by molar-refractivity contribution is -0.385. The van der Waals surface area contributed by atoms with Crippen LogP contribution < -0.4 is 0 Å². The van der Waals surface area contributed by atoms with E-state index in [9.17, 15) is 20.2 Å². The van der Waals surface area contributed by atoms with E-state index in [1.54, 1.807) is 38.1 Å². The number of rotatable bonds is 2. The third kappa shape index (κ3) is 4.41. The van der Waals surface area contributed by atoms with Crippen LogP contribution in [0.1, 0.15) is 11.1 Å². The van der Waals surface area contributed by atoms with Gasteiger partial charge in [0.25, 0.3) is 11.4 Å². The van der Waals surface area contributed by atoms with E-state index in [0.29, 0.717) is 16.1 Å². The Morgan fingerprint density at radius 1 is 0.864 bits per heavy atom. The van der Waals surface area contributed by atoms with Gasteiger partial charge in [0, 0.05) is 17.2 Å². The summed E-state index contributed by atoms with van der Waals surface area (Å²) in [7, 11) is 0. The van der Waals surface area contributed by atoms with Crippen LogP contribution in [0.5, 0.6) is 0 Å². The Bertz CT molecular complexity index is 700. The van der Waals surface area contributed by atoms with Crippen LogP contribution in [-0.2, 0) is 0 Å². The fraction of sp³-hybridized carbons (Fsp3) is 0.143. The number of halogens is 2. The summed E-state index contributed by atoms with van der Waals surface area (Å²) in [5, 5.41) is 21.3. The SMILES string of the molecule is Cc1c(Cl)cccc1[N+](=O)[O-].Cc1cccc(Cl)c1[N+](=O)[O-]. The second-order valence-electron chi connectivity index (χ2n) is 4.30. The predicted molar refractivity (Wildman–Crippen MR) is 85.7 cm³/mol. The maximum atomic E-state index is 10.4. The Morgan fingerprint density at radius 2 is 1.41 bits per heavy atom. The highest BCUT2D eigenvalue weighted by atomic mass is 35.5. The van der Waals surface area contributed by atoms with Crippen molar-refractivity contribution in [1.29, 1.82) is 0 Å². The molecule has 0 amide bonds. The van der Waals surface area contributed by atoms with Gasteiger partial charge in [-0.15, -0.1) is 0 Å². The molecule has 6 nitrogen and oxygen atoms in total. The van der Waals surface area contributed by atoms with Gasteiger partial charge in [-0.1, -0.05) is 41.4 Å². The van der Waals surface area contributed by atoms with Crippen molar-refractivity contribution in [1.82, 2.24) is 0 Å². The number of hydrogen-bond acceptors (Lipinski definition) is 4. The molecule has 0 saturated heterocycles. The number of nitrogens with zero attached hydrogens (tertiary/aromatic N) is 2. The Balaban J connectivity index is 0.000000220. The van der Waals surface area contributed by atoms with Crippen molar-refractivity contribution in [2.24, 2.45) is 0 Å². The largest absolute Gasteiger partial charge is 0.290 e. The van der Waals surface area contributed by atoms with Gasteiger partial charge in [-0.05, 0) is 26.0 Å². The lowest BCUT2D eigenvalue weighted by Gasteiger charge is -1.96. The van der Waals surface area contributed by atoms with Crippen LogP contribution in [0, 0.1) is 34.1 Å². The molecule has 0 heterocycles. The summed E-state index contributed by atoms with van der Waals surface area (Å²) in [6.45, 7) is 3.28. The Hall–Kier alpha value is -2.18. The molecule has 0 aliphatic carbocycles. The molecule has 0 aromatic heterocycles. The first-order chi connectivity index (χ1) is 10.3. The molecule has 2 rings (SSSR count). The molecule has 0 atom stereocenters. The van der Waals surface area contributed by atoms with Crippen molar-refractivity contribution >= 4 is 34.6 Å². The van der Waals surface area contributed by atoms with E-state index in [4.69, 9.17) is 23.2 Å². The van der Waals surface area contributed by atoms with Crippen molar-refractivity contribution < 1.29 is 9.85 Å². The number of nitro benzene ring substituents is 2. The van der Waals surface area contributed by atoms with Crippen molar-refractivity contribution in [3.63, 3.8) is 0 Å². The molecule has 0 spiro atoms. The van der Waals surface area contributed by atoms with Gasteiger partial charge in [-0.2, -0.15) is 0 Å². The van der Waals surface area contributed by atoms with Gasteiger partial charge in [-0.25, -0.2) is 0 Å². The number of benzene rings is 2. The maximum Gasteiger partial charge on any atom is 0.290 e. The zero-order chi connectivity index (χ0) is 16.9. The molecule has 116 valence electrons. The van der Waals surface area contributed by atoms with Crippen LogP contribution in [0.3, 0.4) is 0 Å². The highest BCUT2D eigenvalue weighted by Crippen LogP contribution is 2.27. The fourth-order valence-corrected chi connectivity index (χ4v) is 2.11. The molecule has 0 aliphatic rings. The van der Waals surface area contributed by atoms with E-state index in [-0.39, 0.29) is 16.4 Å². The zero-order valence-electron chi connectivity index (χ0n) is 11.7. The minimum atomic E-state index is -0.475. The van der Waals surface area contributed by atoms with Gasteiger partial charge in [-0.3, -0.25) is 20.2 Å². The topological polar surface area (TPSA) is 86.3 Å². The van der Waals surface area contributed by atoms with Gasteiger partial charge in [0.15, 0.2) is 0 Å². The predicted octanol–water partition coefficient (Wildman–Crippen LogP) is 5.11. The van der Waals surface area contributed by atoms with E-state index in [1.165, 1.54) is 12.1 Å². The fourth-order valence-electron chi connectivity index (χ4n) is 1.65. The standard InChI is InChI=1S/2C7H6ClNO2/c1-5-6(8)3-2-4-7(5)9(10)11;1-5-3-2-4-6(8)7(5)9(10)11/h2*2-4H,1H3. The molecule has 0 bridgehead atoms. The molecular formula is C14H12Cl2N2O4. The molecule has 0 N–H and O–H groups in total. The van der Waals surface area contributed by atoms with Crippen molar-refractivity contribution in [2.75, 3.05) is 0 Å². The lowest BCUT2D eigenvalue weighted by Crippen LogP contribution is -1.91. The van der Waals surface area contributed by atoms with Crippen LogP contribution in [-0.4, -0.2) is 9.85 Å². The van der Waals surface area contributed by atoms with Crippen molar-refractivity contribution in [3.8, 4) is 0 Å². The average molecular weight is 343 g/mol. The van der Waals surface area contributed by atoms with Crippen LogP contribution in [0.25, 0.3) is 0 Å². The van der Waals surface area contributed by atoms with Gasteiger partial charge in [0.05, 0.1) is 14.9 Å². The molecule has 8 heteroatoms. The Kier molecular flexibility index (Phi) is 6.27. The summed E-state index contributed by atoms with van der Waals surface area (Å²) in [6.07, 6.45) is 0. The number of nitro groups is 2. The van der Waals surface area contributed by atoms with E-state index in [1.807, 2.05) is 0 Å². The minimum absolute atomic E-state index is 0.00540. The van der Waals surface area contributed by atoms with Gasteiger partial charge in [0.2, 0.25) is 0 Å². The number of para-hydroxylation sites is 1. The summed E-state index contributed by atoms with van der Waals surface area (Å²) >= 11 is 11.2. The first-order valence-corrected chi connectivity index (χ1v) is 6.80. The summed E-state index contributed by atoms with van der Waals surface area (Å²) in [5.41, 5.74) is 1.16. The number of aryl methyl sites for hydroxylation is 1. The highest BCUT2D eigenvalue weighted by Gasteiger charge is 2.14. The first-order valence-electron chi connectivity index (χ1n) is 6.04. The van der Waals surface area contributed by atoms with Crippen LogP contribution in [0.2, 0.25) is 10.0 Å². The molecule has 0 aliphatic heterocycles. The molecule has 0 fully saturated rings. The second kappa shape index (κ2) is 7.72. The zero-order valence-corrected chi connectivity index (χ0v) is 13.3. The van der Waals surface area contributed by atoms with E-state index in [2.05, 4.69) is 0 Å². The summed E-state index contributed by atoms with van der Waals surface area (Å²) in [4.78, 5) is 19.8. The van der Waals surface area contributed by atoms with E-state index in [0.717, 1.165) is 0 Å². The van der Waals surface area contributed by atoms with E-state index < -0.39 is 9.85 Å². The first kappa shape index (κ1) is 17.9. The van der Waals surface area contributed by atoms with Crippen molar-refractivity contribution in [2.45, 2.75) is 13.8 Å². The molecule has 2 aromatic carbocycles. The highest BCUT2D eigenvalue weighted by molar-refractivity contribution is 6.32. The van der Waals surface area contributed by atoms with Crippen molar-refractivity contribution in [3.05, 3.63) is 77.8 Å². The molecule has 2 aromatic rings. The summed E-state index contributed by atoms with van der Waals surface area (Å²) in [5.74, 6) is 0. The Labute approximate surface area is 136 Å². The third-order valence-electron chi connectivity index (χ3n) is 2.81. The minimum Gasteiger partial charge on any atom is -0.258 e. The summed E-state index contributed by atoms with van der Waals surface area (Å²) in [6, 6.07) is 9.47. The Morgan fingerprint density at radius 3 is 1.82 bits per heavy atom. The van der Waals surface area contributed by atoms with Gasteiger partial charge >= 0.3 is 0 Å². The number of hydrogen-bond donors (Lipinski definition) is 0. The quantitative estimate of drug-likeness (QED) is 0.560. The van der Waals surface area contributed by atoms with Crippen LogP contribution in [0.4, 0.5) is 11.4 Å². The van der Waals surface area contributed by atoms with E-state index >= 15 is 0 Å². The normalized spacial score (nSPS) is 9.64. The molecule has 0 saturated carbocycles. The lowest BCUT2D eigenvalue weighted by atomic mass is 10.2. The molecular weight excluding hydrogens is 331 g/mol. The smallest absolute Gasteiger partial charge is 0.258 e. The van der Waals surface area contributed by atoms with Gasteiger partial charge < -0.3 is 0 Å². The monoisotopic (exact) mass is 342 g/mol. The average Bonchev–Trinajstić information content (AvgIpc) is 2.41. The third-order valence-corrected chi connectivity index (χ3v) is 3.52. The van der Waals surface area contributed by atoms with Crippen LogP contribution >= 0.6 is 23.2 Å². The maximum absolute atomic E-state index is 10.4. The van der Waals surface area contributed by atoms with Gasteiger partial charge in [0.1, 0.15) is 5.02 Å². The second-order valence-corrected chi connectivity index (χ2v) is 5.12. The van der Waals surface area contributed by atoms with Crippen LogP contribution in [0.15, 0.2) is 36.4 Å². The summed E-state index contributed by atoms with van der Waals surface area (Å²) < 4.78 is 0. The molecule has 0 unspecified atom stereocenters.